The lowest BCUT2D eigenvalue weighted by Crippen LogP contribution is -2.50. The molecular weight excluding hydrogens is 276 g/mol. The Bertz CT molecular complexity index is 572. The van der Waals surface area contributed by atoms with Crippen LogP contribution in [0.2, 0.25) is 0 Å². The number of aryl methyl sites for hydroxylation is 1. The highest BCUT2D eigenvalue weighted by atomic mass is 16.2. The third kappa shape index (κ3) is 3.29. The van der Waals surface area contributed by atoms with Crippen molar-refractivity contribution >= 4 is 11.6 Å². The largest absolute Gasteiger partial charge is 0.311 e. The van der Waals surface area contributed by atoms with Crippen molar-refractivity contribution in [2.24, 2.45) is 0 Å². The Morgan fingerprint density at radius 2 is 1.82 bits per heavy atom. The molecule has 0 bridgehead atoms. The van der Waals surface area contributed by atoms with Gasteiger partial charge in [-0.25, -0.2) is 0 Å². The maximum Gasteiger partial charge on any atom is 0.241 e. The number of rotatable bonds is 3. The fourth-order valence-corrected chi connectivity index (χ4v) is 3.27. The summed E-state index contributed by atoms with van der Waals surface area (Å²) in [6.07, 6.45) is 2.10. The number of nitriles is 1. The van der Waals surface area contributed by atoms with E-state index >= 15 is 0 Å². The van der Waals surface area contributed by atoms with Crippen LogP contribution in [0.1, 0.15) is 12.0 Å². The maximum atomic E-state index is 12.7. The summed E-state index contributed by atoms with van der Waals surface area (Å²) in [5, 5.41) is 8.73. The summed E-state index contributed by atoms with van der Waals surface area (Å²) < 4.78 is 0. The van der Waals surface area contributed by atoms with Crippen LogP contribution in [0, 0.1) is 11.3 Å². The molecule has 0 atom stereocenters. The molecule has 2 aliphatic heterocycles. The van der Waals surface area contributed by atoms with Gasteiger partial charge in [-0.2, -0.15) is 5.26 Å². The van der Waals surface area contributed by atoms with Gasteiger partial charge in [0, 0.05) is 38.4 Å². The molecule has 2 heterocycles. The number of para-hydroxylation sites is 1. The first-order valence-corrected chi connectivity index (χ1v) is 7.98. The van der Waals surface area contributed by atoms with Crippen molar-refractivity contribution in [1.29, 1.82) is 5.26 Å². The molecule has 1 aromatic carbocycles. The lowest BCUT2D eigenvalue weighted by molar-refractivity contribution is -0.120. The van der Waals surface area contributed by atoms with Gasteiger partial charge in [-0.15, -0.1) is 0 Å². The summed E-state index contributed by atoms with van der Waals surface area (Å²) in [6, 6.07) is 10.4. The molecule has 22 heavy (non-hydrogen) atoms. The van der Waals surface area contributed by atoms with Crippen LogP contribution in [0.15, 0.2) is 24.3 Å². The van der Waals surface area contributed by atoms with Crippen LogP contribution < -0.4 is 4.90 Å². The predicted molar refractivity (Wildman–Crippen MR) is 85.6 cm³/mol. The van der Waals surface area contributed by atoms with Crippen LogP contribution in [-0.2, 0) is 11.2 Å². The van der Waals surface area contributed by atoms with Gasteiger partial charge in [0.25, 0.3) is 0 Å². The maximum absolute atomic E-state index is 12.7. The average molecular weight is 298 g/mol. The van der Waals surface area contributed by atoms with Gasteiger partial charge in [-0.3, -0.25) is 14.6 Å². The van der Waals surface area contributed by atoms with Crippen LogP contribution in [0.25, 0.3) is 0 Å². The molecule has 0 aromatic heterocycles. The Morgan fingerprint density at radius 1 is 1.09 bits per heavy atom. The van der Waals surface area contributed by atoms with Crippen LogP contribution in [0.5, 0.6) is 0 Å². The fourth-order valence-electron chi connectivity index (χ4n) is 3.27. The molecule has 1 fully saturated rings. The zero-order valence-electron chi connectivity index (χ0n) is 12.9. The standard InChI is InChI=1S/C17H22N4O/c18-7-9-19-10-12-20(13-11-19)14-17(22)21-8-3-5-15-4-1-2-6-16(15)21/h1-2,4,6H,3,5,8-14H2. The molecule has 0 radical (unpaired) electrons. The summed E-state index contributed by atoms with van der Waals surface area (Å²) >= 11 is 0. The highest BCUT2D eigenvalue weighted by molar-refractivity contribution is 5.95. The molecule has 0 unspecified atom stereocenters. The van der Waals surface area contributed by atoms with Gasteiger partial charge in [-0.05, 0) is 24.5 Å². The van der Waals surface area contributed by atoms with Crippen molar-refractivity contribution in [3.8, 4) is 6.07 Å². The van der Waals surface area contributed by atoms with E-state index in [-0.39, 0.29) is 5.91 Å². The molecule has 0 aliphatic carbocycles. The molecule has 3 rings (SSSR count). The Balaban J connectivity index is 1.59. The normalized spacial score (nSPS) is 19.5. The van der Waals surface area contributed by atoms with E-state index in [4.69, 9.17) is 5.26 Å². The highest BCUT2D eigenvalue weighted by Crippen LogP contribution is 2.26. The molecule has 1 aromatic rings. The predicted octanol–water partition coefficient (Wildman–Crippen LogP) is 1.11. The lowest BCUT2D eigenvalue weighted by atomic mass is 10.0. The van der Waals surface area contributed by atoms with E-state index in [0.717, 1.165) is 51.3 Å². The summed E-state index contributed by atoms with van der Waals surface area (Å²) in [5.74, 6) is 0.195. The van der Waals surface area contributed by atoms with Gasteiger partial charge in [-0.1, -0.05) is 18.2 Å². The number of benzene rings is 1. The van der Waals surface area contributed by atoms with E-state index in [2.05, 4.69) is 28.0 Å². The number of amides is 1. The van der Waals surface area contributed by atoms with Gasteiger partial charge in [0.05, 0.1) is 19.2 Å². The minimum absolute atomic E-state index is 0.195. The van der Waals surface area contributed by atoms with Crippen LogP contribution in [0.4, 0.5) is 5.69 Å². The number of carbonyl (C=O) groups excluding carboxylic acids is 1. The second-order valence-electron chi connectivity index (χ2n) is 5.99. The number of carbonyl (C=O) groups is 1. The second kappa shape index (κ2) is 6.91. The lowest BCUT2D eigenvalue weighted by Gasteiger charge is -2.35. The molecule has 1 saturated heterocycles. The van der Waals surface area contributed by atoms with Crippen molar-refractivity contribution < 1.29 is 4.79 Å². The van der Waals surface area contributed by atoms with Crippen LogP contribution >= 0.6 is 0 Å². The third-order valence-electron chi connectivity index (χ3n) is 4.53. The van der Waals surface area contributed by atoms with E-state index in [1.54, 1.807) is 0 Å². The van der Waals surface area contributed by atoms with E-state index in [1.807, 2.05) is 17.0 Å². The highest BCUT2D eigenvalue weighted by Gasteiger charge is 2.25. The zero-order valence-corrected chi connectivity index (χ0v) is 12.9. The number of piperazine rings is 1. The first-order chi connectivity index (χ1) is 10.8. The number of hydrogen-bond donors (Lipinski definition) is 0. The molecule has 0 saturated carbocycles. The quantitative estimate of drug-likeness (QED) is 0.784. The molecular formula is C17H22N4O. The number of fused-ring (bicyclic) bond motifs is 1. The molecule has 0 spiro atoms. The SMILES string of the molecule is N#CCN1CCN(CC(=O)N2CCCc3ccccc32)CC1. The topological polar surface area (TPSA) is 50.6 Å². The van der Waals surface area contributed by atoms with Gasteiger partial charge >= 0.3 is 0 Å². The first kappa shape index (κ1) is 15.0. The van der Waals surface area contributed by atoms with Crippen molar-refractivity contribution in [2.75, 3.05) is 50.7 Å². The molecule has 1 amide bonds. The minimum Gasteiger partial charge on any atom is -0.311 e. The summed E-state index contributed by atoms with van der Waals surface area (Å²) in [7, 11) is 0. The second-order valence-corrected chi connectivity index (χ2v) is 5.99. The monoisotopic (exact) mass is 298 g/mol. The Kier molecular flexibility index (Phi) is 4.71. The van der Waals surface area contributed by atoms with Crippen molar-refractivity contribution in [3.05, 3.63) is 29.8 Å². The summed E-state index contributed by atoms with van der Waals surface area (Å²) in [6.45, 7) is 5.26. The minimum atomic E-state index is 0.195. The number of hydrogen-bond acceptors (Lipinski definition) is 4. The van der Waals surface area contributed by atoms with E-state index in [9.17, 15) is 4.79 Å². The average Bonchev–Trinajstić information content (AvgIpc) is 2.56. The van der Waals surface area contributed by atoms with Gasteiger partial charge in [0.15, 0.2) is 0 Å². The van der Waals surface area contributed by atoms with Gasteiger partial charge in [0.1, 0.15) is 0 Å². The molecule has 116 valence electrons. The molecule has 5 heteroatoms. The summed E-state index contributed by atoms with van der Waals surface area (Å²) in [5.41, 5.74) is 2.36. The van der Waals surface area contributed by atoms with Crippen LogP contribution in [-0.4, -0.2) is 61.5 Å². The van der Waals surface area contributed by atoms with Crippen molar-refractivity contribution in [2.45, 2.75) is 12.8 Å². The summed E-state index contributed by atoms with van der Waals surface area (Å²) in [4.78, 5) is 18.9. The Morgan fingerprint density at radius 3 is 2.59 bits per heavy atom. The van der Waals surface area contributed by atoms with E-state index in [1.165, 1.54) is 5.56 Å². The third-order valence-corrected chi connectivity index (χ3v) is 4.53. The Hall–Kier alpha value is -1.90. The van der Waals surface area contributed by atoms with Gasteiger partial charge < -0.3 is 4.90 Å². The molecule has 2 aliphatic rings. The van der Waals surface area contributed by atoms with E-state index < -0.39 is 0 Å². The first-order valence-electron chi connectivity index (χ1n) is 7.98. The van der Waals surface area contributed by atoms with E-state index in [0.29, 0.717) is 13.1 Å². The molecule has 5 nitrogen and oxygen atoms in total. The number of nitrogens with zero attached hydrogens (tertiary/aromatic N) is 4. The van der Waals surface area contributed by atoms with Crippen molar-refractivity contribution in [3.63, 3.8) is 0 Å². The molecule has 0 N–H and O–H groups in total. The van der Waals surface area contributed by atoms with Crippen LogP contribution in [0.3, 0.4) is 0 Å². The zero-order chi connectivity index (χ0) is 15.4. The number of anilines is 1. The van der Waals surface area contributed by atoms with Crippen molar-refractivity contribution in [1.82, 2.24) is 9.80 Å². The fraction of sp³-hybridized carbons (Fsp3) is 0.529. The Labute approximate surface area is 131 Å². The smallest absolute Gasteiger partial charge is 0.241 e. The van der Waals surface area contributed by atoms with Gasteiger partial charge in [0.2, 0.25) is 5.91 Å².